The van der Waals surface area contributed by atoms with Gasteiger partial charge in [-0.1, -0.05) is 40.9 Å². The highest BCUT2D eigenvalue weighted by Gasteiger charge is 2.10. The summed E-state index contributed by atoms with van der Waals surface area (Å²) in [5.74, 6) is -0.630. The summed E-state index contributed by atoms with van der Waals surface area (Å²) in [6.07, 6.45) is 7.88. The molecule has 136 valence electrons. The van der Waals surface area contributed by atoms with E-state index < -0.39 is 5.91 Å². The van der Waals surface area contributed by atoms with Crippen molar-refractivity contribution in [3.05, 3.63) is 39.9 Å². The number of benzene rings is 1. The van der Waals surface area contributed by atoms with Crippen molar-refractivity contribution < 1.29 is 14.3 Å². The predicted octanol–water partition coefficient (Wildman–Crippen LogP) is 3.96. The second-order valence-corrected chi connectivity index (χ2v) is 6.64. The molecule has 1 aromatic carbocycles. The Morgan fingerprint density at radius 1 is 1.12 bits per heavy atom. The van der Waals surface area contributed by atoms with E-state index in [4.69, 9.17) is 27.9 Å². The Morgan fingerprint density at radius 3 is 2.68 bits per heavy atom. The van der Waals surface area contributed by atoms with Gasteiger partial charge in [0, 0.05) is 6.54 Å². The molecular weight excluding hydrogens is 363 g/mol. The van der Waals surface area contributed by atoms with Gasteiger partial charge in [0.25, 0.3) is 0 Å². The molecule has 0 aromatic heterocycles. The maximum Gasteiger partial charge on any atom is 0.250 e. The van der Waals surface area contributed by atoms with E-state index >= 15 is 0 Å². The Labute approximate surface area is 157 Å². The van der Waals surface area contributed by atoms with Gasteiger partial charge >= 0.3 is 0 Å². The zero-order valence-electron chi connectivity index (χ0n) is 13.9. The van der Waals surface area contributed by atoms with Crippen LogP contribution in [0.15, 0.2) is 29.8 Å². The van der Waals surface area contributed by atoms with Crippen molar-refractivity contribution in [1.82, 2.24) is 5.32 Å². The molecular formula is C18H22Cl2N2O3. The first kappa shape index (κ1) is 19.8. The minimum atomic E-state index is -0.399. The van der Waals surface area contributed by atoms with Crippen LogP contribution in [0.25, 0.3) is 0 Å². The Balaban J connectivity index is 1.61. The summed E-state index contributed by atoms with van der Waals surface area (Å²) in [6.45, 7) is 0.204. The first-order valence-electron chi connectivity index (χ1n) is 8.32. The summed E-state index contributed by atoms with van der Waals surface area (Å²) in [4.78, 5) is 23.5. The number of rotatable bonds is 8. The summed E-state index contributed by atoms with van der Waals surface area (Å²) >= 11 is 11.9. The second kappa shape index (κ2) is 10.4. The predicted molar refractivity (Wildman–Crippen MR) is 100 cm³/mol. The quantitative estimate of drug-likeness (QED) is 0.666. The van der Waals surface area contributed by atoms with E-state index in [1.54, 1.807) is 18.2 Å². The molecule has 0 saturated carbocycles. The molecule has 0 heterocycles. The number of amides is 2. The summed E-state index contributed by atoms with van der Waals surface area (Å²) in [5.41, 5.74) is 1.82. The van der Waals surface area contributed by atoms with Gasteiger partial charge in [-0.05, 0) is 44.2 Å². The minimum Gasteiger partial charge on any atom is -0.362 e. The van der Waals surface area contributed by atoms with Crippen molar-refractivity contribution >= 4 is 40.7 Å². The molecule has 0 aliphatic heterocycles. The van der Waals surface area contributed by atoms with Crippen LogP contribution in [0.4, 0.5) is 5.69 Å². The molecule has 25 heavy (non-hydrogen) atoms. The van der Waals surface area contributed by atoms with Crippen molar-refractivity contribution in [3.8, 4) is 0 Å². The number of hydrogen-bond donors (Lipinski definition) is 2. The van der Waals surface area contributed by atoms with Gasteiger partial charge in [0.1, 0.15) is 13.2 Å². The summed E-state index contributed by atoms with van der Waals surface area (Å²) in [5, 5.41) is 6.01. The lowest BCUT2D eigenvalue weighted by atomic mass is 9.97. The van der Waals surface area contributed by atoms with Crippen molar-refractivity contribution in [1.29, 1.82) is 0 Å². The summed E-state index contributed by atoms with van der Waals surface area (Å²) < 4.78 is 5.13. The fourth-order valence-corrected chi connectivity index (χ4v) is 2.92. The first-order valence-corrected chi connectivity index (χ1v) is 9.08. The van der Waals surface area contributed by atoms with Crippen LogP contribution < -0.4 is 10.6 Å². The number of halogens is 2. The van der Waals surface area contributed by atoms with E-state index in [0.717, 1.165) is 19.3 Å². The fraction of sp³-hybridized carbons (Fsp3) is 0.444. The Kier molecular flexibility index (Phi) is 8.25. The topological polar surface area (TPSA) is 67.4 Å². The number of ether oxygens (including phenoxy) is 1. The van der Waals surface area contributed by atoms with Crippen LogP contribution in [-0.2, 0) is 14.3 Å². The van der Waals surface area contributed by atoms with Gasteiger partial charge in [-0.15, -0.1) is 0 Å². The molecule has 0 radical (unpaired) electrons. The van der Waals surface area contributed by atoms with Crippen LogP contribution in [0.5, 0.6) is 0 Å². The highest BCUT2D eigenvalue weighted by atomic mass is 35.5. The third kappa shape index (κ3) is 7.06. The Bertz CT molecular complexity index is 647. The molecule has 1 aromatic rings. The Hall–Kier alpha value is -1.56. The van der Waals surface area contributed by atoms with Gasteiger partial charge in [0.15, 0.2) is 0 Å². The molecule has 0 unspecified atom stereocenters. The first-order chi connectivity index (χ1) is 12.1. The normalized spacial score (nSPS) is 13.9. The van der Waals surface area contributed by atoms with Crippen LogP contribution >= 0.6 is 23.2 Å². The van der Waals surface area contributed by atoms with Gasteiger partial charge in [-0.25, -0.2) is 0 Å². The average molecular weight is 385 g/mol. The van der Waals surface area contributed by atoms with Gasteiger partial charge in [-0.3, -0.25) is 9.59 Å². The molecule has 2 rings (SSSR count). The zero-order valence-corrected chi connectivity index (χ0v) is 15.5. The van der Waals surface area contributed by atoms with Gasteiger partial charge in [-0.2, -0.15) is 0 Å². The van der Waals surface area contributed by atoms with Crippen molar-refractivity contribution in [2.24, 2.45) is 0 Å². The number of anilines is 1. The number of hydrogen-bond acceptors (Lipinski definition) is 3. The third-order valence-corrected chi connectivity index (χ3v) is 4.66. The van der Waals surface area contributed by atoms with Crippen LogP contribution in [-0.4, -0.2) is 31.6 Å². The molecule has 2 N–H and O–H groups in total. The van der Waals surface area contributed by atoms with Crippen LogP contribution in [0.2, 0.25) is 10.0 Å². The second-order valence-electron chi connectivity index (χ2n) is 5.85. The number of allylic oxidation sites excluding steroid dienone is 1. The van der Waals surface area contributed by atoms with Gasteiger partial charge in [0.2, 0.25) is 11.8 Å². The molecule has 1 aliphatic carbocycles. The lowest BCUT2D eigenvalue weighted by Gasteiger charge is -2.13. The molecule has 0 bridgehead atoms. The maximum absolute atomic E-state index is 11.8. The van der Waals surface area contributed by atoms with E-state index in [0.29, 0.717) is 17.3 Å². The molecule has 0 fully saturated rings. The highest BCUT2D eigenvalue weighted by Crippen LogP contribution is 2.29. The zero-order chi connectivity index (χ0) is 18.1. The van der Waals surface area contributed by atoms with Crippen molar-refractivity contribution in [2.45, 2.75) is 32.1 Å². The largest absolute Gasteiger partial charge is 0.362 e. The SMILES string of the molecule is O=C(COCC(=O)Nc1cccc(Cl)c1Cl)NCCC1=CCCCC1. The lowest BCUT2D eigenvalue weighted by Crippen LogP contribution is -2.30. The van der Waals surface area contributed by atoms with E-state index in [1.165, 1.54) is 18.4 Å². The molecule has 0 spiro atoms. The van der Waals surface area contributed by atoms with E-state index in [9.17, 15) is 9.59 Å². The summed E-state index contributed by atoms with van der Waals surface area (Å²) in [7, 11) is 0. The van der Waals surface area contributed by atoms with Gasteiger partial charge < -0.3 is 15.4 Å². The number of nitrogens with one attached hydrogen (secondary N) is 2. The smallest absolute Gasteiger partial charge is 0.250 e. The fourth-order valence-electron chi connectivity index (χ4n) is 2.57. The van der Waals surface area contributed by atoms with Crippen LogP contribution in [0.3, 0.4) is 0 Å². The van der Waals surface area contributed by atoms with Crippen molar-refractivity contribution in [2.75, 3.05) is 25.1 Å². The highest BCUT2D eigenvalue weighted by molar-refractivity contribution is 6.43. The molecule has 7 heteroatoms. The van der Waals surface area contributed by atoms with Crippen molar-refractivity contribution in [3.63, 3.8) is 0 Å². The lowest BCUT2D eigenvalue weighted by molar-refractivity contribution is -0.128. The maximum atomic E-state index is 11.8. The van der Waals surface area contributed by atoms with Crippen LogP contribution in [0, 0.1) is 0 Å². The van der Waals surface area contributed by atoms with Gasteiger partial charge in [0.05, 0.1) is 15.7 Å². The van der Waals surface area contributed by atoms with E-state index in [2.05, 4.69) is 16.7 Å². The number of carbonyl (C=O) groups excluding carboxylic acids is 2. The molecule has 0 atom stereocenters. The monoisotopic (exact) mass is 384 g/mol. The number of carbonyl (C=O) groups is 2. The standard InChI is InChI=1S/C18H22Cl2N2O3/c19-14-7-4-8-15(18(14)20)22-17(24)12-25-11-16(23)21-10-9-13-5-2-1-3-6-13/h4-5,7-8H,1-3,6,9-12H2,(H,21,23)(H,22,24). The third-order valence-electron chi connectivity index (χ3n) is 3.85. The average Bonchev–Trinajstić information content (AvgIpc) is 2.60. The van der Waals surface area contributed by atoms with Crippen LogP contribution in [0.1, 0.15) is 32.1 Å². The molecule has 2 amide bonds. The minimum absolute atomic E-state index is 0.157. The molecule has 5 nitrogen and oxygen atoms in total. The Morgan fingerprint density at radius 2 is 1.92 bits per heavy atom. The van der Waals surface area contributed by atoms with E-state index in [1.807, 2.05) is 0 Å². The van der Waals surface area contributed by atoms with E-state index in [-0.39, 0.29) is 24.1 Å². The summed E-state index contributed by atoms with van der Waals surface area (Å²) in [6, 6.07) is 4.95. The molecule has 1 aliphatic rings. The molecule has 0 saturated heterocycles.